The van der Waals surface area contributed by atoms with Crippen LogP contribution >= 0.6 is 0 Å². The number of ketones is 1. The molecule has 0 spiro atoms. The third-order valence-corrected chi connectivity index (χ3v) is 6.50. The molecular weight excluding hydrogens is 357 g/mol. The van der Waals surface area contributed by atoms with E-state index < -0.39 is 21.8 Å². The first-order valence-electron chi connectivity index (χ1n) is 8.60. The van der Waals surface area contributed by atoms with Crippen LogP contribution in [0.15, 0.2) is 52.3 Å². The van der Waals surface area contributed by atoms with Gasteiger partial charge < -0.3 is 10.1 Å². The molecule has 0 aromatic heterocycles. The second kappa shape index (κ2) is 7.82. The lowest BCUT2D eigenvalue weighted by molar-refractivity contribution is -0.123. The second-order valence-electron chi connectivity index (χ2n) is 6.70. The zero-order valence-electron chi connectivity index (χ0n) is 14.5. The number of nitrogens with one attached hydrogen (secondary N) is 1. The predicted molar refractivity (Wildman–Crippen MR) is 95.7 cm³/mol. The molecule has 26 heavy (non-hydrogen) atoms. The summed E-state index contributed by atoms with van der Waals surface area (Å²) in [4.78, 5) is 11.3. The molecule has 1 N–H and O–H groups in total. The van der Waals surface area contributed by atoms with Gasteiger partial charge in [0.1, 0.15) is 12.4 Å². The fourth-order valence-electron chi connectivity index (χ4n) is 3.40. The summed E-state index contributed by atoms with van der Waals surface area (Å²) < 4.78 is 44.8. The van der Waals surface area contributed by atoms with Crippen LogP contribution in [0.2, 0.25) is 0 Å². The number of Topliss-reactive ketones (excluding diaryl/α,β-unsaturated/α-hetero) is 1. The van der Waals surface area contributed by atoms with Gasteiger partial charge in [0.25, 0.3) is 0 Å². The van der Waals surface area contributed by atoms with Gasteiger partial charge >= 0.3 is 0 Å². The fraction of sp³-hybridized carbons (Fsp3) is 0.421. The van der Waals surface area contributed by atoms with E-state index in [1.165, 1.54) is 25.1 Å². The van der Waals surface area contributed by atoms with Crippen LogP contribution in [0.25, 0.3) is 0 Å². The highest BCUT2D eigenvalue weighted by molar-refractivity contribution is 7.95. The molecule has 0 amide bonds. The summed E-state index contributed by atoms with van der Waals surface area (Å²) in [5, 5.41) is 3.29. The highest BCUT2D eigenvalue weighted by Gasteiger charge is 2.34. The molecule has 1 fully saturated rings. The molecule has 1 saturated heterocycles. The Morgan fingerprint density at radius 2 is 2.19 bits per heavy atom. The normalized spacial score (nSPS) is 25.9. The largest absolute Gasteiger partial charge is 0.366 e. The lowest BCUT2D eigenvalue weighted by Crippen LogP contribution is -2.32. The third-order valence-electron chi connectivity index (χ3n) is 4.73. The van der Waals surface area contributed by atoms with E-state index in [2.05, 4.69) is 5.32 Å². The van der Waals surface area contributed by atoms with Crippen molar-refractivity contribution in [1.29, 1.82) is 0 Å². The van der Waals surface area contributed by atoms with Crippen molar-refractivity contribution in [1.82, 2.24) is 5.32 Å². The van der Waals surface area contributed by atoms with Gasteiger partial charge in [-0.3, -0.25) is 4.79 Å². The minimum atomic E-state index is -3.85. The van der Waals surface area contributed by atoms with E-state index in [-0.39, 0.29) is 28.1 Å². The molecule has 7 heteroatoms. The molecule has 3 atom stereocenters. The van der Waals surface area contributed by atoms with Gasteiger partial charge in [0, 0.05) is 5.92 Å². The number of ether oxygens (including phenoxy) is 1. The van der Waals surface area contributed by atoms with Crippen molar-refractivity contribution in [3.63, 3.8) is 0 Å². The summed E-state index contributed by atoms with van der Waals surface area (Å²) in [5.74, 6) is -0.412. The topological polar surface area (TPSA) is 72.5 Å². The molecule has 0 bridgehead atoms. The van der Waals surface area contributed by atoms with Crippen LogP contribution in [-0.4, -0.2) is 40.0 Å². The van der Waals surface area contributed by atoms with Crippen LogP contribution in [0, 0.1) is 17.7 Å². The van der Waals surface area contributed by atoms with Crippen LogP contribution in [0.5, 0.6) is 0 Å². The Morgan fingerprint density at radius 1 is 1.38 bits per heavy atom. The molecular formula is C19H22FNO4S. The molecule has 1 aromatic rings. The number of halogens is 1. The monoisotopic (exact) mass is 379 g/mol. The first-order chi connectivity index (χ1) is 12.4. The van der Waals surface area contributed by atoms with Gasteiger partial charge in [-0.2, -0.15) is 0 Å². The van der Waals surface area contributed by atoms with Gasteiger partial charge in [-0.15, -0.1) is 0 Å². The van der Waals surface area contributed by atoms with Crippen LogP contribution in [0.4, 0.5) is 4.39 Å². The summed E-state index contributed by atoms with van der Waals surface area (Å²) >= 11 is 0. The summed E-state index contributed by atoms with van der Waals surface area (Å²) in [5.41, 5.74) is 0. The number of hydrogen-bond donors (Lipinski definition) is 1. The van der Waals surface area contributed by atoms with E-state index in [9.17, 15) is 17.6 Å². The van der Waals surface area contributed by atoms with Crippen LogP contribution in [0.3, 0.4) is 0 Å². The summed E-state index contributed by atoms with van der Waals surface area (Å²) in [6.45, 7) is 3.10. The van der Waals surface area contributed by atoms with E-state index in [1.54, 1.807) is 12.2 Å². The molecule has 1 aliphatic carbocycles. The van der Waals surface area contributed by atoms with Crippen molar-refractivity contribution >= 4 is 15.6 Å². The van der Waals surface area contributed by atoms with Gasteiger partial charge in [0.05, 0.1) is 15.9 Å². The van der Waals surface area contributed by atoms with E-state index in [4.69, 9.17) is 4.74 Å². The maximum absolute atomic E-state index is 13.4. The number of allylic oxidation sites excluding steroid dienone is 1. The maximum atomic E-state index is 13.4. The Morgan fingerprint density at radius 3 is 2.85 bits per heavy atom. The van der Waals surface area contributed by atoms with E-state index in [1.807, 2.05) is 6.08 Å². The van der Waals surface area contributed by atoms with E-state index >= 15 is 0 Å². The fourth-order valence-corrected chi connectivity index (χ4v) is 4.77. The molecule has 0 radical (unpaired) electrons. The Kier molecular flexibility index (Phi) is 5.70. The number of carbonyl (C=O) groups is 1. The lowest BCUT2D eigenvalue weighted by Gasteiger charge is -2.30. The van der Waals surface area contributed by atoms with Crippen LogP contribution in [-0.2, 0) is 19.4 Å². The number of carbonyl (C=O) groups excluding carboxylic acids is 1. The summed E-state index contributed by atoms with van der Waals surface area (Å²) in [7, 11) is -3.85. The van der Waals surface area contributed by atoms with Crippen molar-refractivity contribution in [2.24, 2.45) is 11.8 Å². The van der Waals surface area contributed by atoms with Crippen LogP contribution in [0.1, 0.15) is 13.3 Å². The first-order valence-corrected chi connectivity index (χ1v) is 10.1. The molecule has 5 nitrogen and oxygen atoms in total. The average molecular weight is 379 g/mol. The number of hydrogen-bond acceptors (Lipinski definition) is 5. The molecule has 3 rings (SSSR count). The highest BCUT2D eigenvalue weighted by Crippen LogP contribution is 2.33. The van der Waals surface area contributed by atoms with Crippen LogP contribution < -0.4 is 5.32 Å². The Labute approximate surface area is 152 Å². The van der Waals surface area contributed by atoms with Crippen molar-refractivity contribution in [3.05, 3.63) is 53.2 Å². The lowest BCUT2D eigenvalue weighted by atomic mass is 9.84. The molecule has 2 aliphatic rings. The molecule has 1 aliphatic heterocycles. The molecule has 1 aromatic carbocycles. The van der Waals surface area contributed by atoms with Crippen molar-refractivity contribution in [2.75, 3.05) is 19.7 Å². The zero-order valence-corrected chi connectivity index (χ0v) is 15.3. The molecule has 1 heterocycles. The number of rotatable bonds is 6. The summed E-state index contributed by atoms with van der Waals surface area (Å²) in [6.07, 6.45) is 5.42. The van der Waals surface area contributed by atoms with Gasteiger partial charge in [0.15, 0.2) is 5.78 Å². The Balaban J connectivity index is 1.90. The van der Waals surface area contributed by atoms with Gasteiger partial charge in [-0.1, -0.05) is 12.1 Å². The van der Waals surface area contributed by atoms with E-state index in [0.29, 0.717) is 5.92 Å². The summed E-state index contributed by atoms with van der Waals surface area (Å²) in [6, 6.07) is 4.94. The molecule has 140 valence electrons. The second-order valence-corrected chi connectivity index (χ2v) is 8.65. The molecule has 2 unspecified atom stereocenters. The zero-order chi connectivity index (χ0) is 18.7. The molecule has 0 saturated carbocycles. The van der Waals surface area contributed by atoms with Crippen molar-refractivity contribution in [3.8, 4) is 0 Å². The van der Waals surface area contributed by atoms with Gasteiger partial charge in [0.2, 0.25) is 9.84 Å². The third kappa shape index (κ3) is 4.11. The number of sulfone groups is 1. The standard InChI is InChI=1S/C19H22FNO4S/c1-13(22)12-25-19-10-17(5-6-18(19)14-7-8-21-11-14)26(23,24)16-4-2-3-15(20)9-16/h2-6,9-10,14,18-19,21H,7-8,11-12H2,1H3/t14-,18?,19?/m1/s1. The minimum absolute atomic E-state index is 0.00388. The number of benzene rings is 1. The first kappa shape index (κ1) is 18.9. The van der Waals surface area contributed by atoms with Crippen molar-refractivity contribution < 1.29 is 22.3 Å². The predicted octanol–water partition coefficient (Wildman–Crippen LogP) is 2.25. The minimum Gasteiger partial charge on any atom is -0.366 e. The Hall–Kier alpha value is -1.83. The van der Waals surface area contributed by atoms with E-state index in [0.717, 1.165) is 25.6 Å². The SMILES string of the molecule is CC(=O)COC1C=C(S(=O)(=O)c2cccc(F)c2)C=CC1[C@@H]1CCNC1. The Bertz CT molecular complexity index is 841. The quantitative estimate of drug-likeness (QED) is 0.821. The highest BCUT2D eigenvalue weighted by atomic mass is 32.2. The average Bonchev–Trinajstić information content (AvgIpc) is 3.14. The van der Waals surface area contributed by atoms with Gasteiger partial charge in [-0.05, 0) is 62.7 Å². The maximum Gasteiger partial charge on any atom is 0.206 e. The van der Waals surface area contributed by atoms with Crippen molar-refractivity contribution in [2.45, 2.75) is 24.3 Å². The smallest absolute Gasteiger partial charge is 0.206 e. The van der Waals surface area contributed by atoms with Gasteiger partial charge in [-0.25, -0.2) is 12.8 Å².